The van der Waals surface area contributed by atoms with Crippen LogP contribution in [0.4, 0.5) is 0 Å². The number of rotatable bonds is 4. The van der Waals surface area contributed by atoms with Crippen molar-refractivity contribution >= 4 is 40.9 Å². The predicted octanol–water partition coefficient (Wildman–Crippen LogP) is 3.86. The van der Waals surface area contributed by atoms with Crippen LogP contribution in [-0.2, 0) is 11.3 Å². The maximum Gasteiger partial charge on any atom is 0.358 e. The number of thioether (sulfide) groups is 1. The maximum absolute atomic E-state index is 12.0. The van der Waals surface area contributed by atoms with E-state index in [4.69, 9.17) is 27.9 Å². The lowest BCUT2D eigenvalue weighted by molar-refractivity contribution is 0.0465. The Labute approximate surface area is 130 Å². The molecule has 1 aromatic carbocycles. The van der Waals surface area contributed by atoms with Gasteiger partial charge in [-0.05, 0) is 12.3 Å². The third kappa shape index (κ3) is 3.62. The normalized spacial score (nSPS) is 10.3. The van der Waals surface area contributed by atoms with E-state index < -0.39 is 5.97 Å². The van der Waals surface area contributed by atoms with E-state index in [9.17, 15) is 4.79 Å². The van der Waals surface area contributed by atoms with E-state index in [2.05, 4.69) is 9.97 Å². The predicted molar refractivity (Wildman–Crippen MR) is 79.4 cm³/mol. The zero-order valence-electron chi connectivity index (χ0n) is 10.5. The molecule has 0 radical (unpaired) electrons. The van der Waals surface area contributed by atoms with Gasteiger partial charge >= 0.3 is 5.97 Å². The summed E-state index contributed by atoms with van der Waals surface area (Å²) >= 11 is 13.2. The van der Waals surface area contributed by atoms with Crippen LogP contribution in [0.2, 0.25) is 10.0 Å². The van der Waals surface area contributed by atoms with Crippen molar-refractivity contribution in [3.8, 4) is 0 Å². The van der Waals surface area contributed by atoms with Crippen LogP contribution >= 0.6 is 35.0 Å². The fraction of sp³-hybridized carbons (Fsp3) is 0.154. The molecule has 0 saturated carbocycles. The molecule has 0 saturated heterocycles. The van der Waals surface area contributed by atoms with Crippen LogP contribution in [0.25, 0.3) is 0 Å². The molecule has 0 atom stereocenters. The standard InChI is InChI=1S/C13H10Cl2N2O2S/c1-20-13-16-6-10(15)11(17-13)12(18)19-7-8-4-2-3-5-9(8)14/h2-6H,7H2,1H3. The first-order valence-corrected chi connectivity index (χ1v) is 7.57. The van der Waals surface area contributed by atoms with Gasteiger partial charge < -0.3 is 4.74 Å². The monoisotopic (exact) mass is 328 g/mol. The van der Waals surface area contributed by atoms with E-state index in [0.29, 0.717) is 10.2 Å². The van der Waals surface area contributed by atoms with E-state index in [1.54, 1.807) is 18.2 Å². The molecule has 0 aliphatic carbocycles. The largest absolute Gasteiger partial charge is 0.456 e. The van der Waals surface area contributed by atoms with Crippen molar-refractivity contribution in [1.82, 2.24) is 9.97 Å². The Morgan fingerprint density at radius 2 is 2.05 bits per heavy atom. The summed E-state index contributed by atoms with van der Waals surface area (Å²) in [4.78, 5) is 20.0. The molecule has 0 aliphatic rings. The number of aromatic nitrogens is 2. The Balaban J connectivity index is 2.11. The molecule has 1 heterocycles. The second kappa shape index (κ2) is 6.92. The summed E-state index contributed by atoms with van der Waals surface area (Å²) in [7, 11) is 0. The molecule has 20 heavy (non-hydrogen) atoms. The molecular weight excluding hydrogens is 319 g/mol. The van der Waals surface area contributed by atoms with Gasteiger partial charge in [0.2, 0.25) is 0 Å². The van der Waals surface area contributed by atoms with Crippen molar-refractivity contribution < 1.29 is 9.53 Å². The smallest absolute Gasteiger partial charge is 0.358 e. The van der Waals surface area contributed by atoms with Gasteiger partial charge in [-0.15, -0.1) is 0 Å². The SMILES string of the molecule is CSc1ncc(Cl)c(C(=O)OCc2ccccc2Cl)n1. The topological polar surface area (TPSA) is 52.1 Å². The summed E-state index contributed by atoms with van der Waals surface area (Å²) in [5, 5.41) is 1.16. The number of hydrogen-bond donors (Lipinski definition) is 0. The molecule has 2 aromatic rings. The minimum absolute atomic E-state index is 0.0538. The number of carbonyl (C=O) groups excluding carboxylic acids is 1. The summed E-state index contributed by atoms with van der Waals surface area (Å²) < 4.78 is 5.17. The Morgan fingerprint density at radius 3 is 2.75 bits per heavy atom. The fourth-order valence-corrected chi connectivity index (χ4v) is 2.12. The van der Waals surface area contributed by atoms with Crippen LogP contribution in [0, 0.1) is 0 Å². The van der Waals surface area contributed by atoms with Crippen LogP contribution < -0.4 is 0 Å². The van der Waals surface area contributed by atoms with Crippen molar-refractivity contribution in [3.05, 3.63) is 51.8 Å². The molecule has 0 N–H and O–H groups in total. The quantitative estimate of drug-likeness (QED) is 0.484. The first-order chi connectivity index (χ1) is 9.61. The lowest BCUT2D eigenvalue weighted by atomic mass is 10.2. The molecule has 4 nitrogen and oxygen atoms in total. The van der Waals surface area contributed by atoms with Crippen molar-refractivity contribution in [2.45, 2.75) is 11.8 Å². The minimum Gasteiger partial charge on any atom is -0.456 e. The number of hydrogen-bond acceptors (Lipinski definition) is 5. The Kier molecular flexibility index (Phi) is 5.23. The second-order valence-electron chi connectivity index (χ2n) is 3.72. The van der Waals surface area contributed by atoms with Gasteiger partial charge in [-0.3, -0.25) is 0 Å². The highest BCUT2D eigenvalue weighted by molar-refractivity contribution is 7.98. The molecule has 1 aromatic heterocycles. The molecule has 2 rings (SSSR count). The van der Waals surface area contributed by atoms with Crippen LogP contribution in [-0.4, -0.2) is 22.2 Å². The van der Waals surface area contributed by atoms with Gasteiger partial charge in [0.1, 0.15) is 6.61 Å². The third-order valence-electron chi connectivity index (χ3n) is 2.41. The maximum atomic E-state index is 12.0. The van der Waals surface area contributed by atoms with E-state index in [1.807, 2.05) is 12.3 Å². The Morgan fingerprint density at radius 1 is 1.30 bits per heavy atom. The molecular formula is C13H10Cl2N2O2S. The van der Waals surface area contributed by atoms with Crippen LogP contribution in [0.3, 0.4) is 0 Å². The molecule has 104 valence electrons. The molecule has 0 spiro atoms. The average molecular weight is 329 g/mol. The van der Waals surface area contributed by atoms with Crippen molar-refractivity contribution in [2.75, 3.05) is 6.26 Å². The van der Waals surface area contributed by atoms with E-state index in [1.165, 1.54) is 18.0 Å². The fourth-order valence-electron chi connectivity index (χ4n) is 1.42. The number of halogens is 2. The molecule has 0 fully saturated rings. The van der Waals surface area contributed by atoms with Gasteiger partial charge in [0.05, 0.1) is 11.2 Å². The zero-order chi connectivity index (χ0) is 14.5. The van der Waals surface area contributed by atoms with Gasteiger partial charge in [-0.1, -0.05) is 53.2 Å². The van der Waals surface area contributed by atoms with Crippen molar-refractivity contribution in [1.29, 1.82) is 0 Å². The van der Waals surface area contributed by atoms with Crippen molar-refractivity contribution in [2.24, 2.45) is 0 Å². The highest BCUT2D eigenvalue weighted by Crippen LogP contribution is 2.19. The Bertz CT molecular complexity index is 638. The summed E-state index contributed by atoms with van der Waals surface area (Å²) in [6, 6.07) is 7.14. The van der Waals surface area contributed by atoms with Gasteiger partial charge in [0.15, 0.2) is 10.9 Å². The van der Waals surface area contributed by atoms with Crippen LogP contribution in [0.15, 0.2) is 35.6 Å². The number of ether oxygens (including phenoxy) is 1. The van der Waals surface area contributed by atoms with E-state index in [-0.39, 0.29) is 17.3 Å². The minimum atomic E-state index is -0.604. The lowest BCUT2D eigenvalue weighted by Crippen LogP contribution is -2.09. The van der Waals surface area contributed by atoms with Crippen molar-refractivity contribution in [3.63, 3.8) is 0 Å². The first kappa shape index (κ1) is 15.1. The average Bonchev–Trinajstić information content (AvgIpc) is 2.46. The van der Waals surface area contributed by atoms with Crippen LogP contribution in [0.5, 0.6) is 0 Å². The van der Waals surface area contributed by atoms with Gasteiger partial charge in [0.25, 0.3) is 0 Å². The first-order valence-electron chi connectivity index (χ1n) is 5.59. The van der Waals surface area contributed by atoms with Gasteiger partial charge in [-0.2, -0.15) is 0 Å². The number of carbonyl (C=O) groups is 1. The third-order valence-corrected chi connectivity index (χ3v) is 3.62. The molecule has 0 unspecified atom stereocenters. The molecule has 0 bridgehead atoms. The van der Waals surface area contributed by atoms with E-state index in [0.717, 1.165) is 5.56 Å². The summed E-state index contributed by atoms with van der Waals surface area (Å²) in [5.41, 5.74) is 0.774. The summed E-state index contributed by atoms with van der Waals surface area (Å²) in [6.45, 7) is 0.0629. The van der Waals surface area contributed by atoms with Gasteiger partial charge in [-0.25, -0.2) is 14.8 Å². The number of esters is 1. The Hall–Kier alpha value is -1.30. The lowest BCUT2D eigenvalue weighted by Gasteiger charge is -2.07. The highest BCUT2D eigenvalue weighted by Gasteiger charge is 2.16. The number of nitrogens with zero attached hydrogens (tertiary/aromatic N) is 2. The van der Waals surface area contributed by atoms with E-state index >= 15 is 0 Å². The molecule has 0 amide bonds. The van der Waals surface area contributed by atoms with Gasteiger partial charge in [0, 0.05) is 10.6 Å². The zero-order valence-corrected chi connectivity index (χ0v) is 12.8. The molecule has 7 heteroatoms. The second-order valence-corrected chi connectivity index (χ2v) is 5.31. The molecule has 0 aliphatic heterocycles. The van der Waals surface area contributed by atoms with Crippen LogP contribution in [0.1, 0.15) is 16.1 Å². The summed E-state index contributed by atoms with van der Waals surface area (Å²) in [6.07, 6.45) is 3.19. The number of benzene rings is 1. The summed E-state index contributed by atoms with van der Waals surface area (Å²) in [5.74, 6) is -0.604. The highest BCUT2D eigenvalue weighted by atomic mass is 35.5.